The van der Waals surface area contributed by atoms with Crippen LogP contribution in [0.2, 0.25) is 0 Å². The van der Waals surface area contributed by atoms with E-state index in [0.29, 0.717) is 0 Å². The van der Waals surface area contributed by atoms with Crippen LogP contribution >= 0.6 is 15.9 Å². The van der Waals surface area contributed by atoms with Crippen molar-refractivity contribution in [1.29, 1.82) is 0 Å². The molecule has 1 saturated heterocycles. The molecule has 1 aliphatic heterocycles. The summed E-state index contributed by atoms with van der Waals surface area (Å²) in [7, 11) is 0. The van der Waals surface area contributed by atoms with Gasteiger partial charge in [0.05, 0.1) is 13.2 Å². The molecule has 2 nitrogen and oxygen atoms in total. The number of halogens is 1. The Morgan fingerprint density at radius 2 is 1.75 bits per heavy atom. The average Bonchev–Trinajstić information content (AvgIpc) is 2.25. The van der Waals surface area contributed by atoms with Crippen LogP contribution in [0.5, 0.6) is 0 Å². The first kappa shape index (κ1) is 12.1. The van der Waals surface area contributed by atoms with E-state index in [1.54, 1.807) is 0 Å². The van der Waals surface area contributed by atoms with Crippen LogP contribution in [0.15, 0.2) is 16.6 Å². The number of hydrogen-bond donors (Lipinski definition) is 0. The van der Waals surface area contributed by atoms with E-state index < -0.39 is 0 Å². The summed E-state index contributed by atoms with van der Waals surface area (Å²) in [5, 5.41) is 0. The Bertz CT molecular complexity index is 349. The molecular weight excluding hydrogens is 266 g/mol. The second kappa shape index (κ2) is 5.30. The molecule has 1 heterocycles. The summed E-state index contributed by atoms with van der Waals surface area (Å²) < 4.78 is 6.54. The van der Waals surface area contributed by atoms with Crippen molar-refractivity contribution in [2.45, 2.75) is 20.4 Å². The van der Waals surface area contributed by atoms with Crippen molar-refractivity contribution in [3.05, 3.63) is 33.3 Å². The molecule has 0 unspecified atom stereocenters. The van der Waals surface area contributed by atoms with Gasteiger partial charge in [0.2, 0.25) is 0 Å². The van der Waals surface area contributed by atoms with Crippen molar-refractivity contribution < 1.29 is 4.74 Å². The first-order valence-corrected chi connectivity index (χ1v) is 6.52. The predicted molar refractivity (Wildman–Crippen MR) is 69.7 cm³/mol. The van der Waals surface area contributed by atoms with Crippen molar-refractivity contribution in [2.75, 3.05) is 26.3 Å². The Kier molecular flexibility index (Phi) is 4.00. The number of benzene rings is 1. The summed E-state index contributed by atoms with van der Waals surface area (Å²) in [6.07, 6.45) is 0. The van der Waals surface area contributed by atoms with Crippen LogP contribution in [0.25, 0.3) is 0 Å². The first-order valence-electron chi connectivity index (χ1n) is 5.72. The van der Waals surface area contributed by atoms with Crippen molar-refractivity contribution in [1.82, 2.24) is 4.90 Å². The van der Waals surface area contributed by atoms with Crippen LogP contribution < -0.4 is 0 Å². The Hall–Kier alpha value is -0.380. The minimum Gasteiger partial charge on any atom is -0.379 e. The third-order valence-electron chi connectivity index (χ3n) is 3.15. The number of aryl methyl sites for hydroxylation is 2. The van der Waals surface area contributed by atoms with E-state index in [4.69, 9.17) is 4.74 Å². The van der Waals surface area contributed by atoms with Gasteiger partial charge in [-0.3, -0.25) is 4.90 Å². The minimum atomic E-state index is 0.870. The second-order valence-corrected chi connectivity index (χ2v) is 5.32. The number of nitrogens with zero attached hydrogens (tertiary/aromatic N) is 1. The molecule has 0 bridgehead atoms. The maximum Gasteiger partial charge on any atom is 0.0594 e. The van der Waals surface area contributed by atoms with Crippen LogP contribution in [-0.4, -0.2) is 31.2 Å². The molecule has 1 aromatic carbocycles. The van der Waals surface area contributed by atoms with Gasteiger partial charge in [0.25, 0.3) is 0 Å². The van der Waals surface area contributed by atoms with E-state index in [2.05, 4.69) is 46.8 Å². The molecule has 88 valence electrons. The van der Waals surface area contributed by atoms with Crippen LogP contribution in [0.1, 0.15) is 16.7 Å². The molecule has 0 spiro atoms. The number of hydrogen-bond acceptors (Lipinski definition) is 2. The van der Waals surface area contributed by atoms with Crippen LogP contribution in [-0.2, 0) is 11.3 Å². The van der Waals surface area contributed by atoms with Crippen molar-refractivity contribution >= 4 is 15.9 Å². The molecule has 1 fully saturated rings. The number of ether oxygens (including phenoxy) is 1. The maximum absolute atomic E-state index is 5.37. The topological polar surface area (TPSA) is 12.5 Å². The van der Waals surface area contributed by atoms with Gasteiger partial charge in [0.15, 0.2) is 0 Å². The zero-order chi connectivity index (χ0) is 11.5. The van der Waals surface area contributed by atoms with Gasteiger partial charge in [-0.15, -0.1) is 0 Å². The molecular formula is C13H18BrNO. The molecule has 1 aromatic rings. The van der Waals surface area contributed by atoms with E-state index in [1.165, 1.54) is 21.2 Å². The molecule has 3 heteroatoms. The SMILES string of the molecule is Cc1cc(Br)cc(C)c1CN1CCOCC1. The van der Waals surface area contributed by atoms with Gasteiger partial charge in [-0.05, 0) is 42.7 Å². The number of rotatable bonds is 2. The molecule has 0 saturated carbocycles. The lowest BCUT2D eigenvalue weighted by Crippen LogP contribution is -2.36. The summed E-state index contributed by atoms with van der Waals surface area (Å²) in [6, 6.07) is 4.39. The van der Waals surface area contributed by atoms with E-state index in [-0.39, 0.29) is 0 Å². The fraction of sp³-hybridized carbons (Fsp3) is 0.538. The molecule has 0 amide bonds. The van der Waals surface area contributed by atoms with Crippen molar-refractivity contribution in [3.8, 4) is 0 Å². The molecule has 0 radical (unpaired) electrons. The third-order valence-corrected chi connectivity index (χ3v) is 3.60. The van der Waals surface area contributed by atoms with Gasteiger partial charge in [-0.1, -0.05) is 15.9 Å². The highest BCUT2D eigenvalue weighted by atomic mass is 79.9. The summed E-state index contributed by atoms with van der Waals surface area (Å²) in [6.45, 7) is 9.27. The smallest absolute Gasteiger partial charge is 0.0594 e. The summed E-state index contributed by atoms with van der Waals surface area (Å²) >= 11 is 3.54. The van der Waals surface area contributed by atoms with Gasteiger partial charge in [0, 0.05) is 24.1 Å². The van der Waals surface area contributed by atoms with Gasteiger partial charge in [-0.2, -0.15) is 0 Å². The second-order valence-electron chi connectivity index (χ2n) is 4.41. The Labute approximate surface area is 106 Å². The van der Waals surface area contributed by atoms with Crippen LogP contribution in [0.3, 0.4) is 0 Å². The predicted octanol–water partition coefficient (Wildman–Crippen LogP) is 2.90. The summed E-state index contributed by atoms with van der Waals surface area (Å²) in [5.74, 6) is 0. The highest BCUT2D eigenvalue weighted by Gasteiger charge is 2.13. The molecule has 0 aromatic heterocycles. The lowest BCUT2D eigenvalue weighted by molar-refractivity contribution is 0.0340. The summed E-state index contributed by atoms with van der Waals surface area (Å²) in [5.41, 5.74) is 4.21. The first-order chi connectivity index (χ1) is 7.66. The van der Waals surface area contributed by atoms with Gasteiger partial charge in [0.1, 0.15) is 0 Å². The fourth-order valence-electron chi connectivity index (χ4n) is 2.17. The minimum absolute atomic E-state index is 0.870. The van der Waals surface area contributed by atoms with Gasteiger partial charge >= 0.3 is 0 Å². The van der Waals surface area contributed by atoms with Crippen molar-refractivity contribution in [3.63, 3.8) is 0 Å². The zero-order valence-electron chi connectivity index (χ0n) is 9.92. The molecule has 2 rings (SSSR count). The molecule has 0 aliphatic carbocycles. The van der Waals surface area contributed by atoms with Crippen LogP contribution in [0.4, 0.5) is 0 Å². The standard InChI is InChI=1S/C13H18BrNO/c1-10-7-12(14)8-11(2)13(10)9-15-3-5-16-6-4-15/h7-8H,3-6,9H2,1-2H3. The average molecular weight is 284 g/mol. The quantitative estimate of drug-likeness (QED) is 0.828. The Balaban J connectivity index is 2.14. The van der Waals surface area contributed by atoms with E-state index in [9.17, 15) is 0 Å². The molecule has 1 aliphatic rings. The molecule has 0 atom stereocenters. The summed E-state index contributed by atoms with van der Waals surface area (Å²) in [4.78, 5) is 2.47. The van der Waals surface area contributed by atoms with E-state index >= 15 is 0 Å². The highest BCUT2D eigenvalue weighted by Crippen LogP contribution is 2.22. The maximum atomic E-state index is 5.37. The highest BCUT2D eigenvalue weighted by molar-refractivity contribution is 9.10. The Morgan fingerprint density at radius 1 is 1.19 bits per heavy atom. The van der Waals surface area contributed by atoms with Gasteiger partial charge < -0.3 is 4.74 Å². The third kappa shape index (κ3) is 2.84. The van der Waals surface area contributed by atoms with Crippen LogP contribution in [0, 0.1) is 13.8 Å². The van der Waals surface area contributed by atoms with Gasteiger partial charge in [-0.25, -0.2) is 0 Å². The lowest BCUT2D eigenvalue weighted by Gasteiger charge is -2.28. The van der Waals surface area contributed by atoms with Crippen molar-refractivity contribution in [2.24, 2.45) is 0 Å². The largest absolute Gasteiger partial charge is 0.379 e. The normalized spacial score (nSPS) is 17.7. The number of morpholine rings is 1. The lowest BCUT2D eigenvalue weighted by atomic mass is 10.0. The zero-order valence-corrected chi connectivity index (χ0v) is 11.5. The fourth-order valence-corrected chi connectivity index (χ4v) is 2.86. The van der Waals surface area contributed by atoms with E-state index in [0.717, 1.165) is 32.8 Å². The molecule has 16 heavy (non-hydrogen) atoms. The Morgan fingerprint density at radius 3 is 2.31 bits per heavy atom. The van der Waals surface area contributed by atoms with E-state index in [1.807, 2.05) is 0 Å². The monoisotopic (exact) mass is 283 g/mol. The molecule has 0 N–H and O–H groups in total.